The van der Waals surface area contributed by atoms with Crippen molar-refractivity contribution in [2.45, 2.75) is 58.9 Å². The number of nitrogens with two attached hydrogens (primary N) is 1. The molecule has 2 N–H and O–H groups in total. The number of aryl methyl sites for hydroxylation is 1. The molecule has 3 aromatic carbocycles. The van der Waals surface area contributed by atoms with Crippen molar-refractivity contribution in [3.8, 4) is 11.1 Å². The Morgan fingerprint density at radius 1 is 0.778 bits per heavy atom. The monoisotopic (exact) mass is 363 g/mol. The molecule has 142 valence electrons. The van der Waals surface area contributed by atoms with Crippen LogP contribution < -0.4 is 5.73 Å². The molecule has 27 heavy (non-hydrogen) atoms. The largest absolute Gasteiger partial charge is 0.326 e. The van der Waals surface area contributed by atoms with Crippen LogP contribution >= 0.6 is 0 Å². The van der Waals surface area contributed by atoms with E-state index in [2.05, 4.69) is 19.9 Å². The minimum Gasteiger partial charge on any atom is -0.326 e. The summed E-state index contributed by atoms with van der Waals surface area (Å²) >= 11 is 0. The third-order valence-corrected chi connectivity index (χ3v) is 5.41. The van der Waals surface area contributed by atoms with E-state index in [1.54, 1.807) is 0 Å². The fraction of sp³-hybridized carbons (Fsp3) is 0.360. The van der Waals surface area contributed by atoms with Crippen LogP contribution in [0.1, 0.15) is 56.2 Å². The first-order valence-corrected chi connectivity index (χ1v) is 10.2. The zero-order valence-corrected chi connectivity index (χ0v) is 16.5. The average molecular weight is 364 g/mol. The zero-order valence-electron chi connectivity index (χ0n) is 16.5. The summed E-state index contributed by atoms with van der Waals surface area (Å²) in [4.78, 5) is 0. The molecule has 0 spiro atoms. The molecule has 0 fully saturated rings. The number of unbranched alkanes of at least 4 members (excludes halogenated alkanes) is 2. The van der Waals surface area contributed by atoms with Gasteiger partial charge in [0, 0.05) is 17.5 Å². The van der Waals surface area contributed by atoms with Crippen molar-refractivity contribution in [2.24, 2.45) is 5.73 Å². The molecule has 3 rings (SSSR count). The molecule has 0 bridgehead atoms. The molecule has 0 aliphatic carbocycles. The number of halogens is 1. The normalized spacial score (nSPS) is 11.3. The molecule has 0 aliphatic rings. The Balaban J connectivity index is 2.29. The Labute approximate surface area is 162 Å². The molecule has 1 nitrogen and oxygen atoms in total. The van der Waals surface area contributed by atoms with Crippen LogP contribution in [0.25, 0.3) is 21.9 Å². The van der Waals surface area contributed by atoms with Crippen LogP contribution in [0.15, 0.2) is 48.5 Å². The van der Waals surface area contributed by atoms with Crippen molar-refractivity contribution in [3.05, 3.63) is 71.0 Å². The third-order valence-electron chi connectivity index (χ3n) is 5.41. The van der Waals surface area contributed by atoms with Gasteiger partial charge in [-0.3, -0.25) is 0 Å². The summed E-state index contributed by atoms with van der Waals surface area (Å²) in [6, 6.07) is 16.0. The van der Waals surface area contributed by atoms with Crippen LogP contribution in [0.2, 0.25) is 0 Å². The van der Waals surface area contributed by atoms with Gasteiger partial charge in [-0.15, -0.1) is 0 Å². The second-order valence-corrected chi connectivity index (χ2v) is 7.30. The quantitative estimate of drug-likeness (QED) is 0.468. The van der Waals surface area contributed by atoms with E-state index in [4.69, 9.17) is 5.73 Å². The molecule has 0 saturated heterocycles. The van der Waals surface area contributed by atoms with Gasteiger partial charge >= 0.3 is 0 Å². The lowest BCUT2D eigenvalue weighted by atomic mass is 9.85. The molecule has 0 unspecified atom stereocenters. The van der Waals surface area contributed by atoms with Crippen molar-refractivity contribution in [2.75, 3.05) is 0 Å². The van der Waals surface area contributed by atoms with Crippen LogP contribution in [0, 0.1) is 5.82 Å². The predicted octanol–water partition coefficient (Wildman–Crippen LogP) is 6.79. The summed E-state index contributed by atoms with van der Waals surface area (Å²) < 4.78 is 15.7. The van der Waals surface area contributed by atoms with Gasteiger partial charge < -0.3 is 5.73 Å². The highest BCUT2D eigenvalue weighted by atomic mass is 19.1. The highest BCUT2D eigenvalue weighted by Crippen LogP contribution is 2.38. The molecule has 0 aliphatic heterocycles. The summed E-state index contributed by atoms with van der Waals surface area (Å²) in [7, 11) is 0. The fourth-order valence-corrected chi connectivity index (χ4v) is 3.90. The second kappa shape index (κ2) is 9.14. The van der Waals surface area contributed by atoms with Crippen LogP contribution in [-0.2, 0) is 19.4 Å². The van der Waals surface area contributed by atoms with Crippen LogP contribution in [0.4, 0.5) is 4.39 Å². The second-order valence-electron chi connectivity index (χ2n) is 7.30. The molecular formula is C25H30FN. The van der Waals surface area contributed by atoms with Crippen molar-refractivity contribution < 1.29 is 4.39 Å². The van der Waals surface area contributed by atoms with Gasteiger partial charge in [0.15, 0.2) is 0 Å². The number of hydrogen-bond donors (Lipinski definition) is 1. The first-order valence-electron chi connectivity index (χ1n) is 10.2. The van der Waals surface area contributed by atoms with Gasteiger partial charge in [-0.25, -0.2) is 4.39 Å². The lowest BCUT2D eigenvalue weighted by Crippen LogP contribution is -2.04. The van der Waals surface area contributed by atoms with Crippen LogP contribution in [0.5, 0.6) is 0 Å². The van der Waals surface area contributed by atoms with Gasteiger partial charge in [0.25, 0.3) is 0 Å². The van der Waals surface area contributed by atoms with E-state index in [9.17, 15) is 0 Å². The van der Waals surface area contributed by atoms with Gasteiger partial charge in [-0.05, 0) is 53.3 Å². The van der Waals surface area contributed by atoms with E-state index in [0.717, 1.165) is 66.0 Å². The van der Waals surface area contributed by atoms with Crippen molar-refractivity contribution >= 4 is 10.8 Å². The number of hydrogen-bond acceptors (Lipinski definition) is 1. The molecule has 0 saturated carbocycles. The molecule has 0 aromatic heterocycles. The first kappa shape index (κ1) is 19.6. The lowest BCUT2D eigenvalue weighted by Gasteiger charge is -2.20. The van der Waals surface area contributed by atoms with Gasteiger partial charge in [-0.2, -0.15) is 0 Å². The Kier molecular flexibility index (Phi) is 6.63. The minimum absolute atomic E-state index is 0.0857. The predicted molar refractivity (Wildman–Crippen MR) is 114 cm³/mol. The van der Waals surface area contributed by atoms with Crippen molar-refractivity contribution in [1.82, 2.24) is 0 Å². The van der Waals surface area contributed by atoms with E-state index in [1.165, 1.54) is 11.1 Å². The maximum atomic E-state index is 15.7. The van der Waals surface area contributed by atoms with Crippen LogP contribution in [0.3, 0.4) is 0 Å². The van der Waals surface area contributed by atoms with Gasteiger partial charge in [0.05, 0.1) is 0 Å². The topological polar surface area (TPSA) is 26.0 Å². The van der Waals surface area contributed by atoms with Gasteiger partial charge in [-0.1, -0.05) is 75.2 Å². The summed E-state index contributed by atoms with van der Waals surface area (Å²) in [5.41, 5.74) is 11.1. The van der Waals surface area contributed by atoms with Crippen molar-refractivity contribution in [3.63, 3.8) is 0 Å². The van der Waals surface area contributed by atoms with E-state index < -0.39 is 0 Å². The fourth-order valence-electron chi connectivity index (χ4n) is 3.90. The molecule has 3 aromatic rings. The molecule has 0 heterocycles. The maximum absolute atomic E-state index is 15.7. The van der Waals surface area contributed by atoms with E-state index >= 15 is 4.39 Å². The van der Waals surface area contributed by atoms with Crippen molar-refractivity contribution in [1.29, 1.82) is 0 Å². The first-order chi connectivity index (χ1) is 13.2. The number of rotatable bonds is 8. The standard InChI is InChI=1S/C25H30FN/c1-3-5-9-20-21-11-7-8-12-23(21)25(26)24(22(20)10-6-4-2)19-15-13-18(17-27)14-16-19/h7-8,11-16H,3-6,9-10,17,27H2,1-2H3. The summed E-state index contributed by atoms with van der Waals surface area (Å²) in [6.45, 7) is 4.91. The SMILES string of the molecule is CCCCc1c(-c2ccc(CN)cc2)c(F)c2ccccc2c1CCCC. The minimum atomic E-state index is -0.0857. The zero-order chi connectivity index (χ0) is 19.2. The van der Waals surface area contributed by atoms with Gasteiger partial charge in [0.2, 0.25) is 0 Å². The summed E-state index contributed by atoms with van der Waals surface area (Å²) in [5, 5.41) is 1.82. The molecule has 0 radical (unpaired) electrons. The third kappa shape index (κ3) is 4.06. The molecular weight excluding hydrogens is 333 g/mol. The average Bonchev–Trinajstić information content (AvgIpc) is 2.72. The lowest BCUT2D eigenvalue weighted by molar-refractivity contribution is 0.638. The van der Waals surface area contributed by atoms with E-state index in [1.807, 2.05) is 42.5 Å². The molecule has 0 amide bonds. The molecule has 0 atom stereocenters. The summed E-state index contributed by atoms with van der Waals surface area (Å²) in [5.74, 6) is -0.0857. The Hall–Kier alpha value is -2.19. The van der Waals surface area contributed by atoms with Crippen LogP contribution in [-0.4, -0.2) is 0 Å². The maximum Gasteiger partial charge on any atom is 0.139 e. The Bertz CT molecular complexity index is 896. The highest BCUT2D eigenvalue weighted by molar-refractivity contribution is 5.93. The number of fused-ring (bicyclic) bond motifs is 1. The smallest absolute Gasteiger partial charge is 0.139 e. The highest BCUT2D eigenvalue weighted by Gasteiger charge is 2.20. The number of benzene rings is 3. The molecule has 2 heteroatoms. The Morgan fingerprint density at radius 3 is 1.96 bits per heavy atom. The Morgan fingerprint density at radius 2 is 1.37 bits per heavy atom. The summed E-state index contributed by atoms with van der Waals surface area (Å²) in [6.07, 6.45) is 6.37. The van der Waals surface area contributed by atoms with E-state index in [-0.39, 0.29) is 5.82 Å². The van der Waals surface area contributed by atoms with E-state index in [0.29, 0.717) is 6.54 Å². The van der Waals surface area contributed by atoms with Gasteiger partial charge in [0.1, 0.15) is 5.82 Å².